The van der Waals surface area contributed by atoms with Crippen molar-refractivity contribution in [2.45, 2.75) is 50.1 Å². The molecule has 0 aromatic heterocycles. The molecule has 34 heavy (non-hydrogen) atoms. The van der Waals surface area contributed by atoms with Crippen molar-refractivity contribution in [3.8, 4) is 11.1 Å². The van der Waals surface area contributed by atoms with Crippen molar-refractivity contribution >= 4 is 18.0 Å². The van der Waals surface area contributed by atoms with E-state index in [2.05, 4.69) is 34.9 Å². The zero-order valence-electron chi connectivity index (χ0n) is 18.9. The van der Waals surface area contributed by atoms with Gasteiger partial charge in [0.1, 0.15) is 12.6 Å². The number of carbonyl (C=O) groups excluding carboxylic acids is 2. The first-order valence-electron chi connectivity index (χ1n) is 11.7. The minimum Gasteiger partial charge on any atom is -0.480 e. The zero-order chi connectivity index (χ0) is 24.1. The van der Waals surface area contributed by atoms with E-state index < -0.39 is 18.1 Å². The molecule has 3 atom stereocenters. The summed E-state index contributed by atoms with van der Waals surface area (Å²) in [4.78, 5) is 35.8. The van der Waals surface area contributed by atoms with Crippen molar-refractivity contribution in [2.24, 2.45) is 5.92 Å². The highest BCUT2D eigenvalue weighted by atomic mass is 16.5. The highest BCUT2D eigenvalue weighted by molar-refractivity contribution is 5.83. The first-order valence-corrected chi connectivity index (χ1v) is 11.7. The number of ether oxygens (including phenoxy) is 1. The Morgan fingerprint density at radius 2 is 1.65 bits per heavy atom. The van der Waals surface area contributed by atoms with E-state index in [1.165, 1.54) is 11.1 Å². The maximum absolute atomic E-state index is 12.5. The summed E-state index contributed by atoms with van der Waals surface area (Å²) in [7, 11) is 0. The van der Waals surface area contributed by atoms with E-state index in [0.717, 1.165) is 24.0 Å². The Morgan fingerprint density at radius 3 is 2.26 bits per heavy atom. The largest absolute Gasteiger partial charge is 0.480 e. The summed E-state index contributed by atoms with van der Waals surface area (Å²) in [6.07, 6.45) is 1.83. The van der Waals surface area contributed by atoms with Gasteiger partial charge in [-0.05, 0) is 47.4 Å². The Hall–Kier alpha value is -3.39. The van der Waals surface area contributed by atoms with Gasteiger partial charge in [0.15, 0.2) is 0 Å². The van der Waals surface area contributed by atoms with Crippen LogP contribution in [-0.4, -0.2) is 53.5 Å². The molecule has 0 radical (unpaired) electrons. The SMILES string of the molecule is O=C(CC1CCC(NC(=O)OCC2c3ccccc3-c3ccccc32)C1)N[C@@H](CCO)C(=O)O. The summed E-state index contributed by atoms with van der Waals surface area (Å²) in [6.45, 7) is -0.0628. The van der Waals surface area contributed by atoms with Gasteiger partial charge in [-0.25, -0.2) is 9.59 Å². The monoisotopic (exact) mass is 466 g/mol. The number of amides is 2. The number of hydrogen-bond donors (Lipinski definition) is 4. The molecule has 2 aliphatic carbocycles. The highest BCUT2D eigenvalue weighted by Gasteiger charge is 2.31. The van der Waals surface area contributed by atoms with Crippen LogP contribution >= 0.6 is 0 Å². The molecule has 2 aromatic carbocycles. The quantitative estimate of drug-likeness (QED) is 0.450. The van der Waals surface area contributed by atoms with Gasteiger partial charge in [-0.1, -0.05) is 48.5 Å². The van der Waals surface area contributed by atoms with Crippen LogP contribution in [0.15, 0.2) is 48.5 Å². The molecule has 4 N–H and O–H groups in total. The maximum Gasteiger partial charge on any atom is 0.407 e. The van der Waals surface area contributed by atoms with Crippen LogP contribution in [0.1, 0.15) is 49.1 Å². The summed E-state index contributed by atoms with van der Waals surface area (Å²) in [5, 5.41) is 23.4. The van der Waals surface area contributed by atoms with Gasteiger partial charge in [0.2, 0.25) is 5.91 Å². The molecule has 2 amide bonds. The predicted molar refractivity (Wildman–Crippen MR) is 125 cm³/mol. The van der Waals surface area contributed by atoms with Crippen molar-refractivity contribution in [1.29, 1.82) is 0 Å². The van der Waals surface area contributed by atoms with Crippen LogP contribution in [-0.2, 0) is 14.3 Å². The Balaban J connectivity index is 1.25. The van der Waals surface area contributed by atoms with E-state index in [4.69, 9.17) is 14.9 Å². The van der Waals surface area contributed by atoms with E-state index >= 15 is 0 Å². The topological polar surface area (TPSA) is 125 Å². The van der Waals surface area contributed by atoms with Gasteiger partial charge in [-0.3, -0.25) is 4.79 Å². The van der Waals surface area contributed by atoms with Crippen molar-refractivity contribution in [3.63, 3.8) is 0 Å². The minimum absolute atomic E-state index is 0.000672. The number of carboxylic acid groups (broad SMARTS) is 1. The first-order chi connectivity index (χ1) is 16.5. The summed E-state index contributed by atoms with van der Waals surface area (Å²) in [5.74, 6) is -1.46. The molecule has 0 heterocycles. The van der Waals surface area contributed by atoms with Gasteiger partial charge in [-0.15, -0.1) is 0 Å². The normalized spacial score (nSPS) is 19.7. The average molecular weight is 467 g/mol. The van der Waals surface area contributed by atoms with E-state index in [1.54, 1.807) is 0 Å². The second kappa shape index (κ2) is 10.7. The molecule has 1 saturated carbocycles. The average Bonchev–Trinajstić information content (AvgIpc) is 3.39. The van der Waals surface area contributed by atoms with Crippen LogP contribution in [0.2, 0.25) is 0 Å². The molecule has 0 saturated heterocycles. The Kier molecular flexibility index (Phi) is 7.47. The summed E-state index contributed by atoms with van der Waals surface area (Å²) < 4.78 is 5.61. The molecule has 0 bridgehead atoms. The number of aliphatic hydroxyl groups excluding tert-OH is 1. The van der Waals surface area contributed by atoms with Crippen molar-refractivity contribution in [2.75, 3.05) is 13.2 Å². The number of carboxylic acids is 1. The summed E-state index contributed by atoms with van der Waals surface area (Å²) in [6, 6.07) is 15.2. The number of nitrogens with one attached hydrogen (secondary N) is 2. The molecular weight excluding hydrogens is 436 g/mol. The Labute approximate surface area is 198 Å². The molecule has 2 aliphatic rings. The fourth-order valence-corrected chi connectivity index (χ4v) is 5.10. The molecule has 8 heteroatoms. The van der Waals surface area contributed by atoms with E-state index in [9.17, 15) is 14.4 Å². The van der Waals surface area contributed by atoms with E-state index in [0.29, 0.717) is 6.42 Å². The Bertz CT molecular complexity index is 1010. The molecule has 2 unspecified atom stereocenters. The van der Waals surface area contributed by atoms with Gasteiger partial charge in [0.05, 0.1) is 0 Å². The van der Waals surface area contributed by atoms with Crippen LogP contribution in [0.25, 0.3) is 11.1 Å². The number of alkyl carbamates (subject to hydrolysis) is 1. The number of fused-ring (bicyclic) bond motifs is 3. The van der Waals surface area contributed by atoms with Gasteiger partial charge in [-0.2, -0.15) is 0 Å². The second-order valence-electron chi connectivity index (χ2n) is 9.02. The molecular formula is C26H30N2O6. The third-order valence-corrected chi connectivity index (χ3v) is 6.73. The molecule has 180 valence electrons. The highest BCUT2D eigenvalue weighted by Crippen LogP contribution is 2.44. The fourth-order valence-electron chi connectivity index (χ4n) is 5.10. The zero-order valence-corrected chi connectivity index (χ0v) is 18.9. The number of aliphatic hydroxyl groups is 1. The van der Waals surface area contributed by atoms with Gasteiger partial charge < -0.3 is 25.6 Å². The van der Waals surface area contributed by atoms with E-state index in [-0.39, 0.29) is 49.8 Å². The lowest BCUT2D eigenvalue weighted by atomic mass is 9.98. The first kappa shape index (κ1) is 23.8. The van der Waals surface area contributed by atoms with Crippen LogP contribution in [0, 0.1) is 5.92 Å². The van der Waals surface area contributed by atoms with Crippen molar-refractivity contribution in [1.82, 2.24) is 10.6 Å². The Morgan fingerprint density at radius 1 is 1.00 bits per heavy atom. The summed E-state index contributed by atoms with van der Waals surface area (Å²) in [5.41, 5.74) is 4.66. The number of aliphatic carboxylic acids is 1. The lowest BCUT2D eigenvalue weighted by Gasteiger charge is -2.17. The predicted octanol–water partition coefficient (Wildman–Crippen LogP) is 3.04. The fraction of sp³-hybridized carbons (Fsp3) is 0.423. The number of hydrogen-bond acceptors (Lipinski definition) is 5. The molecule has 8 nitrogen and oxygen atoms in total. The second-order valence-corrected chi connectivity index (χ2v) is 9.02. The molecule has 1 fully saturated rings. The molecule has 2 aromatic rings. The number of carbonyl (C=O) groups is 3. The summed E-state index contributed by atoms with van der Waals surface area (Å²) >= 11 is 0. The third kappa shape index (κ3) is 5.39. The number of rotatable bonds is 9. The molecule has 4 rings (SSSR count). The lowest BCUT2D eigenvalue weighted by molar-refractivity contribution is -0.142. The van der Waals surface area contributed by atoms with Crippen LogP contribution < -0.4 is 10.6 Å². The molecule has 0 spiro atoms. The van der Waals surface area contributed by atoms with E-state index in [1.807, 2.05) is 24.3 Å². The maximum atomic E-state index is 12.5. The minimum atomic E-state index is -1.16. The smallest absolute Gasteiger partial charge is 0.407 e. The standard InChI is InChI=1S/C26H30N2O6/c29-12-11-23(25(31)32)28-24(30)14-16-9-10-17(13-16)27-26(33)34-15-22-20-7-3-1-5-18(20)19-6-2-4-8-21(19)22/h1-8,16-17,22-23,29H,9-15H2,(H,27,33)(H,28,30)(H,31,32)/t16?,17?,23-/m0/s1. The van der Waals surface area contributed by atoms with Gasteiger partial charge in [0.25, 0.3) is 0 Å². The van der Waals surface area contributed by atoms with Gasteiger partial charge in [0, 0.05) is 31.4 Å². The van der Waals surface area contributed by atoms with Crippen LogP contribution in [0.3, 0.4) is 0 Å². The third-order valence-electron chi connectivity index (χ3n) is 6.73. The van der Waals surface area contributed by atoms with Crippen LogP contribution in [0.5, 0.6) is 0 Å². The molecule has 0 aliphatic heterocycles. The van der Waals surface area contributed by atoms with Crippen LogP contribution in [0.4, 0.5) is 4.79 Å². The lowest BCUT2D eigenvalue weighted by Crippen LogP contribution is -2.42. The van der Waals surface area contributed by atoms with Gasteiger partial charge >= 0.3 is 12.1 Å². The van der Waals surface area contributed by atoms with Crippen molar-refractivity contribution < 1.29 is 29.3 Å². The van der Waals surface area contributed by atoms with Crippen molar-refractivity contribution in [3.05, 3.63) is 59.7 Å². The number of benzene rings is 2.